The Morgan fingerprint density at radius 1 is 0.667 bits per heavy atom. The summed E-state index contributed by atoms with van der Waals surface area (Å²) >= 11 is 1.75. The summed E-state index contributed by atoms with van der Waals surface area (Å²) in [4.78, 5) is 3.36. The normalized spacial score (nSPS) is 16.9. The number of anilines is 1. The van der Waals surface area contributed by atoms with Crippen molar-refractivity contribution in [2.75, 3.05) is 4.90 Å². The summed E-state index contributed by atoms with van der Waals surface area (Å²) in [5.74, 6) is 0. The lowest BCUT2D eigenvalue weighted by atomic mass is 9.95. The number of hydrogen-bond donors (Lipinski definition) is 0. The Balaban J connectivity index is 0.000000615. The van der Waals surface area contributed by atoms with Crippen molar-refractivity contribution >= 4 is 56.0 Å². The Morgan fingerprint density at radius 2 is 1.37 bits per heavy atom. The summed E-state index contributed by atoms with van der Waals surface area (Å²) in [6, 6.07) is 42.2. The second kappa shape index (κ2) is 15.1. The Bertz CT molecular complexity index is 2420. The van der Waals surface area contributed by atoms with Crippen molar-refractivity contribution < 1.29 is 0 Å². The van der Waals surface area contributed by atoms with Crippen molar-refractivity contribution in [3.05, 3.63) is 230 Å². The first-order chi connectivity index (χ1) is 25.1. The van der Waals surface area contributed by atoms with Gasteiger partial charge in [0, 0.05) is 38.8 Å². The standard InChI is InChI=1S/C42H32N2S.C6H6/c1-5-14-33(6-2)43-25-24-32(27-30(4)35-18-10-11-19-38(35)43)31-20-22-39-37(28-31)41-40(44(39)34-16-8-7-9-17-34)23-21-36-29(3)15-12-13-26-45-42(36)41;1-2-4-6-5-3-1/h5-28H,1-4H2;1-6H/b15-12-,25-24-,26-13-,32-27+,33-14+;. The summed E-state index contributed by atoms with van der Waals surface area (Å²) in [6.07, 6.45) is 18.3. The highest BCUT2D eigenvalue weighted by atomic mass is 32.2. The Hall–Kier alpha value is -6.29. The quantitative estimate of drug-likeness (QED) is 0.168. The number of thioether (sulfide) groups is 1. The molecule has 1 aromatic heterocycles. The summed E-state index contributed by atoms with van der Waals surface area (Å²) < 4.78 is 2.37. The smallest absolute Gasteiger partial charge is 0.0552 e. The third-order valence-electron chi connectivity index (χ3n) is 8.94. The van der Waals surface area contributed by atoms with Gasteiger partial charge in [-0.1, -0.05) is 147 Å². The van der Waals surface area contributed by atoms with Crippen molar-refractivity contribution in [2.24, 2.45) is 0 Å². The minimum atomic E-state index is 0.933. The molecular formula is C48H38N2S. The Labute approximate surface area is 305 Å². The average molecular weight is 675 g/mol. The van der Waals surface area contributed by atoms with Gasteiger partial charge < -0.3 is 9.47 Å². The van der Waals surface area contributed by atoms with Crippen molar-refractivity contribution in [1.82, 2.24) is 4.57 Å². The molecular weight excluding hydrogens is 637 g/mol. The maximum atomic E-state index is 4.51. The van der Waals surface area contributed by atoms with Gasteiger partial charge in [-0.05, 0) is 94.0 Å². The van der Waals surface area contributed by atoms with Gasteiger partial charge in [0.2, 0.25) is 0 Å². The molecule has 6 aromatic rings. The summed E-state index contributed by atoms with van der Waals surface area (Å²) in [7, 11) is 0. The molecule has 0 spiro atoms. The average Bonchev–Trinajstić information content (AvgIpc) is 3.50. The van der Waals surface area contributed by atoms with E-state index in [4.69, 9.17) is 0 Å². The molecule has 0 N–H and O–H groups in total. The van der Waals surface area contributed by atoms with Gasteiger partial charge in [-0.3, -0.25) is 0 Å². The molecule has 0 saturated heterocycles. The van der Waals surface area contributed by atoms with Gasteiger partial charge in [0.05, 0.1) is 16.7 Å². The molecule has 0 unspecified atom stereocenters. The fourth-order valence-electron chi connectivity index (χ4n) is 6.57. The molecule has 246 valence electrons. The zero-order chi connectivity index (χ0) is 35.2. The van der Waals surface area contributed by atoms with Gasteiger partial charge in [0.1, 0.15) is 0 Å². The maximum Gasteiger partial charge on any atom is 0.0552 e. The molecule has 3 heteroatoms. The van der Waals surface area contributed by atoms with Crippen LogP contribution in [0.5, 0.6) is 0 Å². The molecule has 2 aliphatic rings. The number of fused-ring (bicyclic) bond motifs is 6. The van der Waals surface area contributed by atoms with Gasteiger partial charge >= 0.3 is 0 Å². The van der Waals surface area contributed by atoms with Crippen LogP contribution in [0.1, 0.15) is 16.7 Å². The van der Waals surface area contributed by atoms with Gasteiger partial charge in [-0.15, -0.1) is 0 Å². The molecule has 5 aromatic carbocycles. The Morgan fingerprint density at radius 3 is 2.12 bits per heavy atom. The zero-order valence-corrected chi connectivity index (χ0v) is 29.3. The maximum absolute atomic E-state index is 4.51. The molecule has 0 bridgehead atoms. The van der Waals surface area contributed by atoms with Crippen LogP contribution in [-0.2, 0) is 0 Å². The first-order valence-electron chi connectivity index (χ1n) is 16.9. The lowest BCUT2D eigenvalue weighted by Crippen LogP contribution is -2.16. The lowest BCUT2D eigenvalue weighted by molar-refractivity contribution is 1.18. The third-order valence-corrected chi connectivity index (χ3v) is 9.89. The van der Waals surface area contributed by atoms with E-state index in [2.05, 4.69) is 157 Å². The lowest BCUT2D eigenvalue weighted by Gasteiger charge is -2.26. The van der Waals surface area contributed by atoms with E-state index >= 15 is 0 Å². The van der Waals surface area contributed by atoms with Crippen LogP contribution in [0.3, 0.4) is 0 Å². The van der Waals surface area contributed by atoms with E-state index in [9.17, 15) is 0 Å². The molecule has 0 aliphatic carbocycles. The molecule has 0 radical (unpaired) electrons. The number of hydrogen-bond acceptors (Lipinski definition) is 2. The molecule has 3 heterocycles. The van der Waals surface area contributed by atoms with E-state index in [1.165, 1.54) is 21.2 Å². The van der Waals surface area contributed by atoms with Gasteiger partial charge in [-0.2, -0.15) is 0 Å². The predicted octanol–water partition coefficient (Wildman–Crippen LogP) is 13.3. The van der Waals surface area contributed by atoms with Crippen LogP contribution in [0.25, 0.3) is 44.2 Å². The molecule has 0 atom stereocenters. The van der Waals surface area contributed by atoms with Crippen LogP contribution in [-0.4, -0.2) is 4.57 Å². The van der Waals surface area contributed by atoms with Crippen LogP contribution >= 0.6 is 11.8 Å². The van der Waals surface area contributed by atoms with Crippen LogP contribution in [0, 0.1) is 0 Å². The van der Waals surface area contributed by atoms with Crippen LogP contribution in [0.4, 0.5) is 5.69 Å². The molecule has 2 nitrogen and oxygen atoms in total. The van der Waals surface area contributed by atoms with E-state index in [0.29, 0.717) is 0 Å². The van der Waals surface area contributed by atoms with Gasteiger partial charge in [-0.25, -0.2) is 0 Å². The number of para-hydroxylation sites is 2. The molecule has 8 rings (SSSR count). The highest BCUT2D eigenvalue weighted by Crippen LogP contribution is 2.44. The van der Waals surface area contributed by atoms with E-state index in [1.54, 1.807) is 17.8 Å². The van der Waals surface area contributed by atoms with Crippen LogP contribution in [0.2, 0.25) is 0 Å². The van der Waals surface area contributed by atoms with Crippen LogP contribution in [0.15, 0.2) is 218 Å². The number of aromatic nitrogens is 1. The number of allylic oxidation sites excluding steroid dienone is 11. The summed E-state index contributed by atoms with van der Waals surface area (Å²) in [5, 5.41) is 4.57. The van der Waals surface area contributed by atoms with Crippen molar-refractivity contribution in [3.63, 3.8) is 0 Å². The first kappa shape index (κ1) is 33.2. The van der Waals surface area contributed by atoms with E-state index in [-0.39, 0.29) is 0 Å². The molecule has 0 fully saturated rings. The van der Waals surface area contributed by atoms with Crippen molar-refractivity contribution in [3.8, 4) is 5.69 Å². The first-order valence-corrected chi connectivity index (χ1v) is 17.8. The fourth-order valence-corrected chi connectivity index (χ4v) is 7.53. The van der Waals surface area contributed by atoms with Crippen LogP contribution < -0.4 is 4.90 Å². The monoisotopic (exact) mass is 674 g/mol. The largest absolute Gasteiger partial charge is 0.317 e. The van der Waals surface area contributed by atoms with E-state index in [0.717, 1.165) is 56.0 Å². The minimum Gasteiger partial charge on any atom is -0.317 e. The molecule has 0 saturated carbocycles. The summed E-state index contributed by atoms with van der Waals surface area (Å²) in [6.45, 7) is 16.9. The van der Waals surface area contributed by atoms with E-state index in [1.807, 2.05) is 54.6 Å². The highest BCUT2D eigenvalue weighted by molar-refractivity contribution is 8.02. The van der Waals surface area contributed by atoms with Crippen molar-refractivity contribution in [1.29, 1.82) is 0 Å². The molecule has 0 amide bonds. The Kier molecular flexibility index (Phi) is 9.82. The summed E-state index contributed by atoms with van der Waals surface area (Å²) in [5.41, 5.74) is 11.8. The second-order valence-corrected chi connectivity index (χ2v) is 13.0. The molecule has 51 heavy (non-hydrogen) atoms. The second-order valence-electron chi connectivity index (χ2n) is 12.1. The van der Waals surface area contributed by atoms with Gasteiger partial charge in [0.15, 0.2) is 0 Å². The number of nitrogens with zero attached hydrogens (tertiary/aromatic N) is 2. The van der Waals surface area contributed by atoms with E-state index < -0.39 is 0 Å². The topological polar surface area (TPSA) is 8.17 Å². The predicted molar refractivity (Wildman–Crippen MR) is 224 cm³/mol. The highest BCUT2D eigenvalue weighted by Gasteiger charge is 2.21. The molecule has 2 aliphatic heterocycles. The SMILES string of the molecule is C=C/C=C(\C=C)N1/C=C\C(c2ccc3c(c2)c2c4c(ccc2n3-c2ccccc2)C(=C)/C=C\C=C/S4)=C/C(=C)c2ccccc21.c1ccccc1. The van der Waals surface area contributed by atoms with Gasteiger partial charge in [0.25, 0.3) is 0 Å². The zero-order valence-electron chi connectivity index (χ0n) is 28.5. The minimum absolute atomic E-state index is 0.933. The number of rotatable bonds is 5. The van der Waals surface area contributed by atoms with Crippen molar-refractivity contribution in [2.45, 2.75) is 4.90 Å². The fraction of sp³-hybridized carbons (Fsp3) is 0. The number of benzene rings is 5. The third kappa shape index (κ3) is 6.68.